The first-order valence-corrected chi connectivity index (χ1v) is 6.48. The molecule has 0 radical (unpaired) electrons. The number of fused-ring (bicyclic) bond motifs is 1. The van der Waals surface area contributed by atoms with Gasteiger partial charge in [0.1, 0.15) is 11.6 Å². The second-order valence-corrected chi connectivity index (χ2v) is 4.96. The van der Waals surface area contributed by atoms with Gasteiger partial charge in [-0.1, -0.05) is 31.2 Å². The van der Waals surface area contributed by atoms with Gasteiger partial charge in [0.25, 0.3) is 0 Å². The maximum absolute atomic E-state index is 13.2. The molecule has 0 fully saturated rings. The van der Waals surface area contributed by atoms with Gasteiger partial charge in [-0.3, -0.25) is 0 Å². The van der Waals surface area contributed by atoms with Crippen LogP contribution in [0.25, 0.3) is 0 Å². The van der Waals surface area contributed by atoms with Gasteiger partial charge in [0.2, 0.25) is 0 Å². The van der Waals surface area contributed by atoms with Gasteiger partial charge in [0.15, 0.2) is 0 Å². The lowest BCUT2D eigenvalue weighted by Gasteiger charge is -2.32. The van der Waals surface area contributed by atoms with E-state index in [0.29, 0.717) is 12.5 Å². The molecule has 2 atom stereocenters. The molecule has 98 valence electrons. The Kier molecular flexibility index (Phi) is 3.11. The van der Waals surface area contributed by atoms with Crippen LogP contribution < -0.4 is 10.1 Å². The molecule has 3 rings (SSSR count). The maximum atomic E-state index is 13.2. The van der Waals surface area contributed by atoms with Crippen LogP contribution in [0.2, 0.25) is 0 Å². The molecule has 1 aliphatic rings. The second kappa shape index (κ2) is 4.92. The fourth-order valence-electron chi connectivity index (χ4n) is 2.47. The van der Waals surface area contributed by atoms with E-state index >= 15 is 0 Å². The van der Waals surface area contributed by atoms with Gasteiger partial charge >= 0.3 is 0 Å². The summed E-state index contributed by atoms with van der Waals surface area (Å²) < 4.78 is 19.0. The lowest BCUT2D eigenvalue weighted by Crippen LogP contribution is -2.28. The molecule has 0 bridgehead atoms. The predicted octanol–water partition coefficient (Wildman–Crippen LogP) is 4.01. The molecule has 0 amide bonds. The highest BCUT2D eigenvalue weighted by atomic mass is 19.1. The number of hydrogen-bond acceptors (Lipinski definition) is 2. The van der Waals surface area contributed by atoms with Gasteiger partial charge in [-0.05, 0) is 24.3 Å². The van der Waals surface area contributed by atoms with E-state index in [4.69, 9.17) is 4.74 Å². The van der Waals surface area contributed by atoms with Crippen LogP contribution in [0.4, 0.5) is 10.1 Å². The van der Waals surface area contributed by atoms with E-state index in [9.17, 15) is 4.39 Å². The summed E-state index contributed by atoms with van der Waals surface area (Å²) in [6, 6.07) is 14.7. The summed E-state index contributed by atoms with van der Waals surface area (Å²) >= 11 is 0. The minimum absolute atomic E-state index is 0.145. The average Bonchev–Trinajstić information content (AvgIpc) is 2.42. The number of rotatable bonds is 2. The molecule has 1 aliphatic heterocycles. The number of para-hydroxylation sites is 1. The molecule has 0 aromatic heterocycles. The summed E-state index contributed by atoms with van der Waals surface area (Å²) in [6.45, 7) is 2.80. The van der Waals surface area contributed by atoms with Gasteiger partial charge in [-0.25, -0.2) is 4.39 Å². The minimum atomic E-state index is -0.224. The van der Waals surface area contributed by atoms with Crippen LogP contribution in [0.3, 0.4) is 0 Å². The Balaban J connectivity index is 1.91. The molecular formula is C16H16FNO. The Labute approximate surface area is 112 Å². The van der Waals surface area contributed by atoms with Crippen LogP contribution in [0.5, 0.6) is 5.75 Å². The van der Waals surface area contributed by atoms with E-state index in [1.165, 1.54) is 12.1 Å². The molecule has 1 heterocycles. The second-order valence-electron chi connectivity index (χ2n) is 4.96. The highest BCUT2D eigenvalue weighted by molar-refractivity contribution is 5.49. The molecular weight excluding hydrogens is 241 g/mol. The van der Waals surface area contributed by atoms with Crippen LogP contribution in [0.1, 0.15) is 18.5 Å². The number of ether oxygens (including phenoxy) is 1. The molecule has 1 N–H and O–H groups in total. The smallest absolute Gasteiger partial charge is 0.125 e. The lowest BCUT2D eigenvalue weighted by molar-refractivity contribution is 0.214. The van der Waals surface area contributed by atoms with Crippen molar-refractivity contribution in [3.63, 3.8) is 0 Å². The molecule has 0 saturated carbocycles. The van der Waals surface area contributed by atoms with E-state index in [1.54, 1.807) is 6.07 Å². The SMILES string of the molecule is CC1COc2ccccc2C1Nc1cccc(F)c1. The molecule has 0 aliphatic carbocycles. The highest BCUT2D eigenvalue weighted by Gasteiger charge is 2.27. The number of hydrogen-bond donors (Lipinski definition) is 1. The third-order valence-corrected chi connectivity index (χ3v) is 3.47. The number of anilines is 1. The third kappa shape index (κ3) is 2.41. The quantitative estimate of drug-likeness (QED) is 0.877. The van der Waals surface area contributed by atoms with E-state index in [2.05, 4.69) is 18.3 Å². The maximum Gasteiger partial charge on any atom is 0.125 e. The van der Waals surface area contributed by atoms with E-state index < -0.39 is 0 Å². The van der Waals surface area contributed by atoms with Gasteiger partial charge in [-0.15, -0.1) is 0 Å². The van der Waals surface area contributed by atoms with Gasteiger partial charge < -0.3 is 10.1 Å². The zero-order valence-electron chi connectivity index (χ0n) is 10.8. The Morgan fingerprint density at radius 3 is 2.84 bits per heavy atom. The first kappa shape index (κ1) is 12.0. The van der Waals surface area contributed by atoms with Crippen LogP contribution >= 0.6 is 0 Å². The van der Waals surface area contributed by atoms with Gasteiger partial charge in [-0.2, -0.15) is 0 Å². The zero-order valence-corrected chi connectivity index (χ0v) is 10.8. The monoisotopic (exact) mass is 257 g/mol. The summed E-state index contributed by atoms with van der Waals surface area (Å²) in [5.74, 6) is 1.02. The van der Waals surface area contributed by atoms with Crippen molar-refractivity contribution in [1.82, 2.24) is 0 Å². The Morgan fingerprint density at radius 2 is 2.00 bits per heavy atom. The number of benzene rings is 2. The van der Waals surface area contributed by atoms with E-state index in [0.717, 1.165) is 17.0 Å². The fraction of sp³-hybridized carbons (Fsp3) is 0.250. The topological polar surface area (TPSA) is 21.3 Å². The summed E-state index contributed by atoms with van der Waals surface area (Å²) in [6.07, 6.45) is 0. The first-order valence-electron chi connectivity index (χ1n) is 6.48. The highest BCUT2D eigenvalue weighted by Crippen LogP contribution is 2.37. The molecule has 2 unspecified atom stereocenters. The normalized spacial score (nSPS) is 21.4. The largest absolute Gasteiger partial charge is 0.493 e. The van der Waals surface area contributed by atoms with Crippen LogP contribution in [0.15, 0.2) is 48.5 Å². The molecule has 0 spiro atoms. The summed E-state index contributed by atoms with van der Waals surface area (Å²) in [5, 5.41) is 3.41. The number of nitrogens with one attached hydrogen (secondary N) is 1. The van der Waals surface area contributed by atoms with E-state index in [1.807, 2.05) is 24.3 Å². The molecule has 19 heavy (non-hydrogen) atoms. The molecule has 2 aromatic carbocycles. The van der Waals surface area contributed by atoms with Crippen molar-refractivity contribution in [1.29, 1.82) is 0 Å². The Morgan fingerprint density at radius 1 is 1.16 bits per heavy atom. The summed E-state index contributed by atoms with van der Waals surface area (Å²) in [7, 11) is 0. The predicted molar refractivity (Wildman–Crippen MR) is 73.9 cm³/mol. The van der Waals surface area contributed by atoms with E-state index in [-0.39, 0.29) is 11.9 Å². The zero-order chi connectivity index (χ0) is 13.2. The standard InChI is InChI=1S/C16H16FNO/c1-11-10-19-15-8-3-2-7-14(15)16(11)18-13-6-4-5-12(17)9-13/h2-9,11,16,18H,10H2,1H3. The Hall–Kier alpha value is -2.03. The van der Waals surface area contributed by atoms with Crippen molar-refractivity contribution in [2.75, 3.05) is 11.9 Å². The molecule has 3 heteroatoms. The van der Waals surface area contributed by atoms with Crippen LogP contribution in [-0.4, -0.2) is 6.61 Å². The minimum Gasteiger partial charge on any atom is -0.493 e. The summed E-state index contributed by atoms with van der Waals surface area (Å²) in [5.41, 5.74) is 1.93. The molecule has 0 saturated heterocycles. The number of halogens is 1. The van der Waals surface area contributed by atoms with Gasteiger partial charge in [0, 0.05) is 17.2 Å². The third-order valence-electron chi connectivity index (χ3n) is 3.47. The van der Waals surface area contributed by atoms with Crippen molar-refractivity contribution < 1.29 is 9.13 Å². The van der Waals surface area contributed by atoms with Crippen molar-refractivity contribution in [3.8, 4) is 5.75 Å². The first-order chi connectivity index (χ1) is 9.24. The average molecular weight is 257 g/mol. The lowest BCUT2D eigenvalue weighted by atomic mass is 9.92. The Bertz CT molecular complexity index is 584. The van der Waals surface area contributed by atoms with Crippen LogP contribution in [-0.2, 0) is 0 Å². The van der Waals surface area contributed by atoms with Crippen molar-refractivity contribution in [2.45, 2.75) is 13.0 Å². The van der Waals surface area contributed by atoms with Crippen molar-refractivity contribution in [2.24, 2.45) is 5.92 Å². The van der Waals surface area contributed by atoms with Gasteiger partial charge in [0.05, 0.1) is 12.6 Å². The van der Waals surface area contributed by atoms with Crippen molar-refractivity contribution in [3.05, 3.63) is 59.9 Å². The van der Waals surface area contributed by atoms with Crippen LogP contribution in [0, 0.1) is 11.7 Å². The summed E-state index contributed by atoms with van der Waals surface area (Å²) in [4.78, 5) is 0. The van der Waals surface area contributed by atoms with Crippen molar-refractivity contribution >= 4 is 5.69 Å². The molecule has 2 nitrogen and oxygen atoms in total. The fourth-order valence-corrected chi connectivity index (χ4v) is 2.47. The molecule has 2 aromatic rings.